The van der Waals surface area contributed by atoms with Crippen LogP contribution in [0, 0.1) is 5.21 Å². The maximum Gasteiger partial charge on any atom is 0.271 e. The number of fused-ring (bicyclic) bond motifs is 1. The van der Waals surface area contributed by atoms with Crippen molar-refractivity contribution in [1.29, 1.82) is 0 Å². The number of nitrogens with one attached hydrogen (secondary N) is 1. The highest BCUT2D eigenvalue weighted by molar-refractivity contribution is 5.78. The van der Waals surface area contributed by atoms with Crippen molar-refractivity contribution >= 4 is 11.0 Å². The fraction of sp³-hybridized carbons (Fsp3) is 0.158. The minimum atomic E-state index is 0.0561. The lowest BCUT2D eigenvalue weighted by Crippen LogP contribution is -2.34. The van der Waals surface area contributed by atoms with Crippen LogP contribution in [0.25, 0.3) is 22.2 Å². The SMILES string of the molecule is CC(Cc1ccccc1)c1nc2ccc(-c3cn[nH]c3)cc2[n+]([O-])n1. The molecule has 2 heterocycles. The van der Waals surface area contributed by atoms with Crippen LogP contribution in [0.15, 0.2) is 60.9 Å². The highest BCUT2D eigenvalue weighted by Crippen LogP contribution is 2.22. The number of hydrogen-bond donors (Lipinski definition) is 1. The molecule has 1 unspecified atom stereocenters. The molecule has 25 heavy (non-hydrogen) atoms. The summed E-state index contributed by atoms with van der Waals surface area (Å²) in [4.78, 5) is 5.27. The first-order valence-electron chi connectivity index (χ1n) is 8.15. The summed E-state index contributed by atoms with van der Waals surface area (Å²) in [5, 5.41) is 23.3. The molecule has 0 aliphatic rings. The van der Waals surface area contributed by atoms with Crippen LogP contribution >= 0.6 is 0 Å². The van der Waals surface area contributed by atoms with Crippen LogP contribution in [0.5, 0.6) is 0 Å². The van der Waals surface area contributed by atoms with E-state index < -0.39 is 0 Å². The van der Waals surface area contributed by atoms with Gasteiger partial charge in [0.25, 0.3) is 5.52 Å². The molecule has 124 valence electrons. The van der Waals surface area contributed by atoms with Gasteiger partial charge in [0.1, 0.15) is 5.52 Å². The van der Waals surface area contributed by atoms with Gasteiger partial charge in [0.05, 0.1) is 6.20 Å². The Morgan fingerprint density at radius 2 is 1.96 bits per heavy atom. The zero-order valence-electron chi connectivity index (χ0n) is 13.8. The number of aromatic nitrogens is 5. The summed E-state index contributed by atoms with van der Waals surface area (Å²) < 4.78 is 0. The van der Waals surface area contributed by atoms with Crippen molar-refractivity contribution < 1.29 is 4.85 Å². The molecular formula is C19H17N5O. The third kappa shape index (κ3) is 3.06. The Morgan fingerprint density at radius 3 is 2.72 bits per heavy atom. The second-order valence-electron chi connectivity index (χ2n) is 6.12. The van der Waals surface area contributed by atoms with Crippen molar-refractivity contribution in [3.05, 3.63) is 77.5 Å². The molecule has 4 rings (SSSR count). The van der Waals surface area contributed by atoms with Gasteiger partial charge in [-0.2, -0.15) is 5.10 Å². The van der Waals surface area contributed by atoms with E-state index >= 15 is 0 Å². The highest BCUT2D eigenvalue weighted by atomic mass is 16.5. The number of hydrogen-bond acceptors (Lipinski definition) is 4. The van der Waals surface area contributed by atoms with Gasteiger partial charge in [-0.1, -0.05) is 43.3 Å². The lowest BCUT2D eigenvalue weighted by molar-refractivity contribution is -0.644. The smallest absolute Gasteiger partial charge is 0.271 e. The third-order valence-electron chi connectivity index (χ3n) is 4.27. The Hall–Kier alpha value is -3.28. The number of rotatable bonds is 4. The quantitative estimate of drug-likeness (QED) is 0.460. The largest absolute Gasteiger partial charge is 0.594 e. The molecule has 0 fully saturated rings. The minimum Gasteiger partial charge on any atom is -0.594 e. The first-order chi connectivity index (χ1) is 12.2. The Balaban J connectivity index is 1.68. The van der Waals surface area contributed by atoms with E-state index in [1.165, 1.54) is 5.56 Å². The molecule has 0 amide bonds. The molecular weight excluding hydrogens is 314 g/mol. The molecule has 0 spiro atoms. The monoisotopic (exact) mass is 331 g/mol. The van der Waals surface area contributed by atoms with Crippen molar-refractivity contribution in [2.24, 2.45) is 0 Å². The summed E-state index contributed by atoms with van der Waals surface area (Å²) in [7, 11) is 0. The second-order valence-corrected chi connectivity index (χ2v) is 6.12. The van der Waals surface area contributed by atoms with Gasteiger partial charge in [-0.15, -0.1) is 0 Å². The minimum absolute atomic E-state index is 0.0561. The van der Waals surface area contributed by atoms with Crippen LogP contribution in [0.3, 0.4) is 0 Å². The van der Waals surface area contributed by atoms with Crippen molar-refractivity contribution in [1.82, 2.24) is 20.3 Å². The summed E-state index contributed by atoms with van der Waals surface area (Å²) >= 11 is 0. The molecule has 6 heteroatoms. The topological polar surface area (TPSA) is 81.4 Å². The van der Waals surface area contributed by atoms with E-state index in [0.717, 1.165) is 17.5 Å². The summed E-state index contributed by atoms with van der Waals surface area (Å²) in [5.74, 6) is 0.614. The lowest BCUT2D eigenvalue weighted by atomic mass is 10.0. The molecule has 0 saturated carbocycles. The van der Waals surface area contributed by atoms with E-state index in [9.17, 15) is 5.21 Å². The maximum absolute atomic E-state index is 12.4. The van der Waals surface area contributed by atoms with Crippen LogP contribution in [0.1, 0.15) is 24.2 Å². The van der Waals surface area contributed by atoms with Gasteiger partial charge in [-0.05, 0) is 28.5 Å². The van der Waals surface area contributed by atoms with Crippen LogP contribution < -0.4 is 4.85 Å². The number of benzene rings is 2. The third-order valence-corrected chi connectivity index (χ3v) is 4.27. The summed E-state index contributed by atoms with van der Waals surface area (Å²) in [6, 6.07) is 15.7. The maximum atomic E-state index is 12.4. The zero-order valence-corrected chi connectivity index (χ0v) is 13.8. The zero-order chi connectivity index (χ0) is 17.2. The fourth-order valence-corrected chi connectivity index (χ4v) is 2.92. The highest BCUT2D eigenvalue weighted by Gasteiger charge is 2.17. The van der Waals surface area contributed by atoms with Gasteiger partial charge in [0, 0.05) is 28.8 Å². The summed E-state index contributed by atoms with van der Waals surface area (Å²) in [5.41, 5.74) is 4.12. The second kappa shape index (κ2) is 6.32. The molecule has 4 aromatic rings. The van der Waals surface area contributed by atoms with Crippen molar-refractivity contribution in [3.8, 4) is 11.1 Å². The fourth-order valence-electron chi connectivity index (χ4n) is 2.92. The van der Waals surface area contributed by atoms with E-state index in [4.69, 9.17) is 0 Å². The normalized spacial score (nSPS) is 12.4. The molecule has 2 aromatic carbocycles. The average Bonchev–Trinajstić information content (AvgIpc) is 3.17. The molecule has 0 aliphatic carbocycles. The van der Waals surface area contributed by atoms with Gasteiger partial charge in [0.2, 0.25) is 5.82 Å². The predicted octanol–water partition coefficient (Wildman–Crippen LogP) is 3.00. The number of H-pyrrole nitrogens is 1. The van der Waals surface area contributed by atoms with E-state index in [1.807, 2.05) is 37.3 Å². The number of nitrogens with zero attached hydrogens (tertiary/aromatic N) is 4. The van der Waals surface area contributed by atoms with Gasteiger partial charge in [0.15, 0.2) is 0 Å². The standard InChI is InChI=1S/C19H17N5O/c1-13(9-14-5-3-2-4-6-14)19-22-17-8-7-15(16-11-20-21-12-16)10-18(17)24(25)23-19/h2-8,10-13H,9H2,1H3,(H,20,21). The Kier molecular flexibility index (Phi) is 3.85. The van der Waals surface area contributed by atoms with Gasteiger partial charge >= 0.3 is 0 Å². The van der Waals surface area contributed by atoms with Gasteiger partial charge in [-0.25, -0.2) is 4.98 Å². The molecule has 2 aromatic heterocycles. The van der Waals surface area contributed by atoms with E-state index in [1.54, 1.807) is 18.5 Å². The Labute approximate surface area is 144 Å². The van der Waals surface area contributed by atoms with E-state index in [2.05, 4.69) is 32.4 Å². The average molecular weight is 331 g/mol. The molecule has 0 radical (unpaired) electrons. The molecule has 1 atom stereocenters. The first-order valence-corrected chi connectivity index (χ1v) is 8.15. The molecule has 1 N–H and O–H groups in total. The van der Waals surface area contributed by atoms with E-state index in [0.29, 0.717) is 21.7 Å². The Bertz CT molecular complexity index is 999. The Morgan fingerprint density at radius 1 is 1.12 bits per heavy atom. The van der Waals surface area contributed by atoms with Crippen molar-refractivity contribution in [3.63, 3.8) is 0 Å². The number of aromatic amines is 1. The molecule has 0 aliphatic heterocycles. The van der Waals surface area contributed by atoms with Crippen LogP contribution in [0.2, 0.25) is 0 Å². The van der Waals surface area contributed by atoms with Crippen molar-refractivity contribution in [2.75, 3.05) is 0 Å². The lowest BCUT2D eigenvalue weighted by Gasteiger charge is -2.10. The summed E-state index contributed by atoms with van der Waals surface area (Å²) in [6.45, 7) is 2.04. The van der Waals surface area contributed by atoms with E-state index in [-0.39, 0.29) is 5.92 Å². The van der Waals surface area contributed by atoms with Crippen LogP contribution in [-0.4, -0.2) is 20.3 Å². The van der Waals surface area contributed by atoms with Crippen LogP contribution in [-0.2, 0) is 6.42 Å². The predicted molar refractivity (Wildman–Crippen MR) is 94.6 cm³/mol. The van der Waals surface area contributed by atoms with Crippen LogP contribution in [0.4, 0.5) is 0 Å². The van der Waals surface area contributed by atoms with Gasteiger partial charge in [-0.3, -0.25) is 5.10 Å². The molecule has 0 saturated heterocycles. The molecule has 6 nitrogen and oxygen atoms in total. The molecule has 0 bridgehead atoms. The van der Waals surface area contributed by atoms with Gasteiger partial charge < -0.3 is 5.21 Å². The summed E-state index contributed by atoms with van der Waals surface area (Å²) in [6.07, 6.45) is 4.29. The first kappa shape index (κ1) is 15.3. The van der Waals surface area contributed by atoms with Crippen molar-refractivity contribution in [2.45, 2.75) is 19.3 Å².